The number of imide groups is 1. The molecule has 322 valence electrons. The molecule has 61 heavy (non-hydrogen) atoms. The van der Waals surface area contributed by atoms with Crippen LogP contribution >= 0.6 is 12.2 Å². The predicted octanol–water partition coefficient (Wildman–Crippen LogP) is 5.79. The average molecular weight is 860 g/mol. The number of nitriles is 1. The van der Waals surface area contributed by atoms with Gasteiger partial charge < -0.3 is 20.3 Å². The molecule has 1 saturated carbocycles. The van der Waals surface area contributed by atoms with E-state index in [1.807, 2.05) is 32.0 Å². The largest absolute Gasteiger partial charge is 0.492 e. The van der Waals surface area contributed by atoms with Crippen molar-refractivity contribution in [3.05, 3.63) is 71.5 Å². The molecule has 18 heteroatoms. The molecule has 1 aliphatic carbocycles. The van der Waals surface area contributed by atoms with Crippen molar-refractivity contribution >= 4 is 63.7 Å². The number of thiocarbonyl (C=S) groups is 1. The number of carbonyl (C=O) groups is 4. The Morgan fingerprint density at radius 2 is 1.79 bits per heavy atom. The Balaban J connectivity index is 0.957. The molecule has 4 amide bonds. The van der Waals surface area contributed by atoms with Crippen LogP contribution in [0.3, 0.4) is 0 Å². The number of ether oxygens (including phenoxy) is 1. The van der Waals surface area contributed by atoms with Crippen molar-refractivity contribution in [2.24, 2.45) is 0 Å². The number of benzene rings is 2. The zero-order chi connectivity index (χ0) is 43.8. The van der Waals surface area contributed by atoms with Crippen LogP contribution in [-0.2, 0) is 25.4 Å². The highest BCUT2D eigenvalue weighted by molar-refractivity contribution is 7.81. The Morgan fingerprint density at radius 1 is 1.07 bits per heavy atom. The molecular weight excluding hydrogens is 812 g/mol. The van der Waals surface area contributed by atoms with Crippen LogP contribution in [0, 0.1) is 11.3 Å². The van der Waals surface area contributed by atoms with Crippen molar-refractivity contribution in [2.45, 2.75) is 95.6 Å². The van der Waals surface area contributed by atoms with Crippen molar-refractivity contribution < 1.29 is 37.1 Å². The van der Waals surface area contributed by atoms with Crippen molar-refractivity contribution in [3.8, 4) is 11.8 Å². The van der Waals surface area contributed by atoms with Crippen molar-refractivity contribution in [1.82, 2.24) is 20.1 Å². The minimum atomic E-state index is -4.85. The van der Waals surface area contributed by atoms with Gasteiger partial charge in [0.15, 0.2) is 10.8 Å². The third kappa shape index (κ3) is 8.91. The summed E-state index contributed by atoms with van der Waals surface area (Å²) in [7, 11) is 0. The second-order valence-corrected chi connectivity index (χ2v) is 16.8. The molecule has 3 aliphatic heterocycles. The quantitative estimate of drug-likeness (QED) is 0.149. The van der Waals surface area contributed by atoms with Crippen LogP contribution < -0.4 is 30.5 Å². The Hall–Kier alpha value is -5.64. The first-order valence-electron chi connectivity index (χ1n) is 20.4. The monoisotopic (exact) mass is 859 g/mol. The summed E-state index contributed by atoms with van der Waals surface area (Å²) in [6.07, 6.45) is -1.42. The number of halogens is 3. The molecular formula is C43H48F3N9O5S. The van der Waals surface area contributed by atoms with Crippen LogP contribution in [0.2, 0.25) is 0 Å². The number of piperidine rings is 1. The number of amides is 4. The predicted molar refractivity (Wildman–Crippen MR) is 226 cm³/mol. The topological polar surface area (TPSA) is 163 Å². The summed E-state index contributed by atoms with van der Waals surface area (Å²) >= 11 is 5.82. The third-order valence-corrected chi connectivity index (χ3v) is 12.3. The number of rotatable bonds is 12. The number of nitrogens with zero attached hydrogens (tertiary/aromatic N) is 6. The van der Waals surface area contributed by atoms with E-state index in [-0.39, 0.29) is 59.5 Å². The van der Waals surface area contributed by atoms with Gasteiger partial charge >= 0.3 is 6.18 Å². The molecule has 3 aromatic rings. The van der Waals surface area contributed by atoms with Gasteiger partial charge in [-0.3, -0.25) is 39.2 Å². The van der Waals surface area contributed by atoms with Crippen LogP contribution in [-0.4, -0.2) is 100.0 Å². The summed E-state index contributed by atoms with van der Waals surface area (Å²) in [5.74, 6) is -0.543. The lowest BCUT2D eigenvalue weighted by molar-refractivity contribution is -0.138. The lowest BCUT2D eigenvalue weighted by Crippen LogP contribution is -2.58. The summed E-state index contributed by atoms with van der Waals surface area (Å²) in [6, 6.07) is 14.6. The highest BCUT2D eigenvalue weighted by atomic mass is 32.1. The molecule has 4 aliphatic rings. The van der Waals surface area contributed by atoms with E-state index >= 15 is 0 Å². The van der Waals surface area contributed by atoms with E-state index in [1.54, 1.807) is 29.2 Å². The van der Waals surface area contributed by atoms with Gasteiger partial charge in [-0.15, -0.1) is 0 Å². The van der Waals surface area contributed by atoms with Crippen LogP contribution in [0.1, 0.15) is 82.5 Å². The molecule has 3 N–H and O–H groups in total. The molecule has 14 nitrogen and oxygen atoms in total. The first-order valence-corrected chi connectivity index (χ1v) is 20.8. The van der Waals surface area contributed by atoms with E-state index in [2.05, 4.69) is 44.6 Å². The normalized spacial score (nSPS) is 22.0. The van der Waals surface area contributed by atoms with Gasteiger partial charge in [0.2, 0.25) is 17.7 Å². The molecule has 4 fully saturated rings. The molecule has 1 aromatic heterocycles. The lowest BCUT2D eigenvalue weighted by atomic mass is 9.75. The van der Waals surface area contributed by atoms with Gasteiger partial charge in [0.1, 0.15) is 30.0 Å². The Bertz CT molecular complexity index is 2270. The fourth-order valence-electron chi connectivity index (χ4n) is 8.68. The molecule has 1 spiro atoms. The number of nitrogens with one attached hydrogen (secondary N) is 3. The first kappa shape index (κ1) is 43.4. The van der Waals surface area contributed by atoms with Gasteiger partial charge in [-0.25, -0.2) is 4.98 Å². The summed E-state index contributed by atoms with van der Waals surface area (Å²) in [6.45, 7) is 10.9. The summed E-state index contributed by atoms with van der Waals surface area (Å²) in [4.78, 5) is 62.0. The van der Waals surface area contributed by atoms with E-state index < -0.39 is 34.9 Å². The Morgan fingerprint density at radius 3 is 2.43 bits per heavy atom. The van der Waals surface area contributed by atoms with Crippen molar-refractivity contribution in [2.75, 3.05) is 53.2 Å². The molecule has 3 saturated heterocycles. The smallest absolute Gasteiger partial charge is 0.419 e. The van der Waals surface area contributed by atoms with Gasteiger partial charge in [0.05, 0.1) is 24.0 Å². The Kier molecular flexibility index (Phi) is 12.4. The van der Waals surface area contributed by atoms with Gasteiger partial charge in [0, 0.05) is 55.2 Å². The number of anilines is 4. The maximum Gasteiger partial charge on any atom is 0.419 e. The molecule has 7 rings (SSSR count). The molecule has 4 heterocycles. The Labute approximate surface area is 357 Å². The zero-order valence-corrected chi connectivity index (χ0v) is 35.2. The van der Waals surface area contributed by atoms with Crippen molar-refractivity contribution in [3.63, 3.8) is 0 Å². The highest BCUT2D eigenvalue weighted by Crippen LogP contribution is 2.49. The van der Waals surface area contributed by atoms with E-state index in [0.717, 1.165) is 42.2 Å². The standard InChI is InChI=1S/C43H48F3N9O5S/c1-25(2)32-18-30(55-41(61)54(40(59)42(55)13-6-14-42)31-19-33(43(44,45)46)35(20-47)48-21-31)9-11-36(32)60-16-15-52-22-26(3)53(27(4)23-52)24-38(57)50-29-8-5-7-28(17-29)49-34-10-12-37(56)51-39(34)58/h5,7-9,11,17-19,21,25-27,34,49H,6,10,12-16,22-24H2,1-4H3,(H,50,57)(H,51,56,58)/t26-,27+,34?. The van der Waals surface area contributed by atoms with E-state index in [0.29, 0.717) is 55.2 Å². The van der Waals surface area contributed by atoms with Gasteiger partial charge in [-0.2, -0.15) is 18.4 Å². The van der Waals surface area contributed by atoms with Gasteiger partial charge in [0.25, 0.3) is 5.91 Å². The van der Waals surface area contributed by atoms with E-state index in [9.17, 15) is 37.6 Å². The first-order chi connectivity index (χ1) is 29.0. The number of aromatic nitrogens is 1. The molecule has 0 radical (unpaired) electrons. The fraction of sp³-hybridized carbons (Fsp3) is 0.465. The number of hydrogen-bond acceptors (Lipinski definition) is 11. The van der Waals surface area contributed by atoms with Crippen LogP contribution in [0.15, 0.2) is 54.7 Å². The molecule has 2 aromatic carbocycles. The zero-order valence-electron chi connectivity index (χ0n) is 34.3. The number of hydrogen-bond donors (Lipinski definition) is 3. The number of pyridine rings is 1. The average Bonchev–Trinajstić information content (AvgIpc) is 3.43. The minimum absolute atomic E-state index is 0.0196. The second-order valence-electron chi connectivity index (χ2n) is 16.5. The van der Waals surface area contributed by atoms with Gasteiger partial charge in [-0.05, 0) is 106 Å². The minimum Gasteiger partial charge on any atom is -0.492 e. The number of piperazine rings is 1. The second kappa shape index (κ2) is 17.4. The highest BCUT2D eigenvalue weighted by Gasteiger charge is 2.60. The van der Waals surface area contributed by atoms with E-state index in [4.69, 9.17) is 17.0 Å². The SMILES string of the molecule is CC(C)c1cc(N2C(=S)N(c3cnc(C#N)c(C(F)(F)F)c3)C(=O)C23CCC3)ccc1OCCN1C[C@@H](C)N(CC(=O)Nc2cccc(NC3CCC(=O)NC3=O)c2)[C@@H](C)C1. The third-order valence-electron chi connectivity index (χ3n) is 11.9. The summed E-state index contributed by atoms with van der Waals surface area (Å²) in [5.41, 5.74) is -0.427. The number of carbonyl (C=O) groups excluding carboxylic acids is 4. The molecule has 1 unspecified atom stereocenters. The molecule has 3 atom stereocenters. The maximum absolute atomic E-state index is 14.0. The fourth-order valence-corrected chi connectivity index (χ4v) is 9.15. The molecule has 0 bridgehead atoms. The maximum atomic E-state index is 14.0. The van der Waals surface area contributed by atoms with E-state index in [1.165, 1.54) is 6.07 Å². The number of alkyl halides is 3. The lowest BCUT2D eigenvalue weighted by Gasteiger charge is -2.44. The van der Waals surface area contributed by atoms with Crippen molar-refractivity contribution in [1.29, 1.82) is 5.26 Å². The van der Waals surface area contributed by atoms with Gasteiger partial charge in [-0.1, -0.05) is 19.9 Å². The van der Waals surface area contributed by atoms with Crippen LogP contribution in [0.25, 0.3) is 0 Å². The van der Waals surface area contributed by atoms with Crippen LogP contribution in [0.5, 0.6) is 5.75 Å². The summed E-state index contributed by atoms with van der Waals surface area (Å²) < 4.78 is 48.0. The van der Waals surface area contributed by atoms with Crippen LogP contribution in [0.4, 0.5) is 35.9 Å². The summed E-state index contributed by atoms with van der Waals surface area (Å²) in [5, 5.41) is 17.7.